The van der Waals surface area contributed by atoms with Gasteiger partial charge in [-0.2, -0.15) is 0 Å². The second-order valence-electron chi connectivity index (χ2n) is 6.40. The first kappa shape index (κ1) is 16.8. The fourth-order valence-electron chi connectivity index (χ4n) is 1.43. The lowest BCUT2D eigenvalue weighted by Crippen LogP contribution is -2.40. The maximum absolute atomic E-state index is 13.8. The van der Waals surface area contributed by atoms with Crippen molar-refractivity contribution >= 4 is 20.7 Å². The first-order chi connectivity index (χ1) is 9.17. The molecule has 0 heterocycles. The van der Waals surface area contributed by atoms with Crippen LogP contribution in [0.15, 0.2) is 24.3 Å². The maximum Gasteiger partial charge on any atom is 0.192 e. The van der Waals surface area contributed by atoms with Gasteiger partial charge in [-0.25, -0.2) is 4.39 Å². The average Bonchev–Trinajstić information content (AvgIpc) is 2.35. The molecule has 110 valence electrons. The minimum Gasteiger partial charge on any atom is -0.412 e. The Balaban J connectivity index is 2.87. The first-order valence-electron chi connectivity index (χ1n) is 6.71. The minimum absolute atomic E-state index is 0.0957. The number of carbonyl (C=O) groups excluding carboxylic acids is 1. The molecule has 0 aliphatic carbocycles. The van der Waals surface area contributed by atoms with Crippen molar-refractivity contribution in [2.75, 3.05) is 0 Å². The number of benzene rings is 1. The van der Waals surface area contributed by atoms with Crippen LogP contribution in [-0.2, 0) is 15.8 Å². The Hall–Kier alpha value is -1.26. The van der Waals surface area contributed by atoms with E-state index in [1.54, 1.807) is 18.2 Å². The highest BCUT2D eigenvalue weighted by Crippen LogP contribution is 2.37. The number of carbonyl (C=O) groups is 1. The Kier molecular flexibility index (Phi) is 5.42. The van der Waals surface area contributed by atoms with E-state index in [0.29, 0.717) is 11.8 Å². The molecule has 0 fully saturated rings. The number of aldehydes is 1. The number of allylic oxidation sites excluding steroid dienone is 1. The van der Waals surface area contributed by atoms with Gasteiger partial charge in [-0.3, -0.25) is 4.79 Å². The third-order valence-electron chi connectivity index (χ3n) is 3.83. The Bertz CT molecular complexity index is 502. The summed E-state index contributed by atoms with van der Waals surface area (Å²) >= 11 is 0. The van der Waals surface area contributed by atoms with Gasteiger partial charge in [-0.05, 0) is 41.9 Å². The molecule has 4 heteroatoms. The average molecular weight is 294 g/mol. The predicted octanol–water partition coefficient (Wildman–Crippen LogP) is 4.56. The first-order valence-corrected chi connectivity index (χ1v) is 9.62. The molecule has 0 spiro atoms. The lowest BCUT2D eigenvalue weighted by atomic mass is 10.1. The van der Waals surface area contributed by atoms with Crippen molar-refractivity contribution in [2.45, 2.75) is 45.5 Å². The SMILES string of the molecule is CC(C)(C)[Si](C)(C)OCc1cc(/C=C/C=O)ccc1F. The molecule has 0 N–H and O–H groups in total. The molecular weight excluding hydrogens is 271 g/mol. The van der Waals surface area contributed by atoms with E-state index >= 15 is 0 Å². The summed E-state index contributed by atoms with van der Waals surface area (Å²) in [5.41, 5.74) is 1.33. The number of hydrogen-bond acceptors (Lipinski definition) is 2. The normalized spacial score (nSPS) is 12.9. The van der Waals surface area contributed by atoms with Crippen LogP contribution >= 0.6 is 0 Å². The second kappa shape index (κ2) is 6.46. The Morgan fingerprint density at radius 3 is 2.50 bits per heavy atom. The van der Waals surface area contributed by atoms with E-state index in [-0.39, 0.29) is 17.5 Å². The summed E-state index contributed by atoms with van der Waals surface area (Å²) < 4.78 is 19.8. The van der Waals surface area contributed by atoms with Crippen molar-refractivity contribution < 1.29 is 13.6 Å². The standard InChI is InChI=1S/C16H23FO2Si/c1-16(2,3)20(4,5)19-12-14-11-13(7-6-10-18)8-9-15(14)17/h6-11H,12H2,1-5H3/b7-6+. The van der Waals surface area contributed by atoms with Crippen LogP contribution in [0.5, 0.6) is 0 Å². The Morgan fingerprint density at radius 1 is 1.30 bits per heavy atom. The van der Waals surface area contributed by atoms with Crippen molar-refractivity contribution in [1.29, 1.82) is 0 Å². The molecule has 1 aromatic carbocycles. The molecule has 0 amide bonds. The Morgan fingerprint density at radius 2 is 1.95 bits per heavy atom. The summed E-state index contributed by atoms with van der Waals surface area (Å²) in [6.07, 6.45) is 3.75. The minimum atomic E-state index is -1.89. The molecule has 0 atom stereocenters. The highest BCUT2D eigenvalue weighted by molar-refractivity contribution is 6.74. The van der Waals surface area contributed by atoms with Crippen LogP contribution in [0.1, 0.15) is 31.9 Å². The third-order valence-corrected chi connectivity index (χ3v) is 8.31. The molecule has 2 nitrogen and oxygen atoms in total. The fraction of sp³-hybridized carbons (Fsp3) is 0.438. The highest BCUT2D eigenvalue weighted by Gasteiger charge is 2.37. The van der Waals surface area contributed by atoms with Gasteiger partial charge in [0.2, 0.25) is 0 Å². The summed E-state index contributed by atoms with van der Waals surface area (Å²) in [5, 5.41) is 0.0957. The monoisotopic (exact) mass is 294 g/mol. The topological polar surface area (TPSA) is 26.3 Å². The van der Waals surface area contributed by atoms with Crippen LogP contribution < -0.4 is 0 Å². The zero-order chi connectivity index (χ0) is 15.4. The Labute approximate surface area is 121 Å². The van der Waals surface area contributed by atoms with Gasteiger partial charge in [0.15, 0.2) is 8.32 Å². The lowest BCUT2D eigenvalue weighted by molar-refractivity contribution is -0.104. The van der Waals surface area contributed by atoms with Crippen LogP contribution in [0.2, 0.25) is 18.1 Å². The van der Waals surface area contributed by atoms with Gasteiger partial charge in [0.05, 0.1) is 6.61 Å². The van der Waals surface area contributed by atoms with Crippen LogP contribution in [-0.4, -0.2) is 14.6 Å². The molecule has 0 aliphatic rings. The predicted molar refractivity (Wildman–Crippen MR) is 83.5 cm³/mol. The molecule has 0 radical (unpaired) electrons. The van der Waals surface area contributed by atoms with Crippen LogP contribution in [0, 0.1) is 5.82 Å². The summed E-state index contributed by atoms with van der Waals surface area (Å²) in [6, 6.07) is 4.78. The number of hydrogen-bond donors (Lipinski definition) is 0. The molecule has 0 aromatic heterocycles. The van der Waals surface area contributed by atoms with Gasteiger partial charge in [0, 0.05) is 5.56 Å². The van der Waals surface area contributed by atoms with Crippen LogP contribution in [0.25, 0.3) is 6.08 Å². The molecular formula is C16H23FO2Si. The van der Waals surface area contributed by atoms with E-state index in [4.69, 9.17) is 4.43 Å². The van der Waals surface area contributed by atoms with Gasteiger partial charge < -0.3 is 4.43 Å². The van der Waals surface area contributed by atoms with Crippen molar-refractivity contribution in [1.82, 2.24) is 0 Å². The summed E-state index contributed by atoms with van der Waals surface area (Å²) in [5.74, 6) is -0.271. The van der Waals surface area contributed by atoms with Crippen molar-refractivity contribution in [3.05, 3.63) is 41.2 Å². The van der Waals surface area contributed by atoms with Gasteiger partial charge in [0.1, 0.15) is 12.1 Å². The molecule has 0 unspecified atom stereocenters. The summed E-state index contributed by atoms with van der Waals surface area (Å²) in [4.78, 5) is 10.3. The van der Waals surface area contributed by atoms with Crippen LogP contribution in [0.4, 0.5) is 4.39 Å². The van der Waals surface area contributed by atoms with E-state index in [1.807, 2.05) is 0 Å². The van der Waals surface area contributed by atoms with Gasteiger partial charge >= 0.3 is 0 Å². The molecule has 0 aliphatic heterocycles. The smallest absolute Gasteiger partial charge is 0.192 e. The molecule has 0 saturated carbocycles. The number of halogens is 1. The molecule has 0 saturated heterocycles. The van der Waals surface area contributed by atoms with Gasteiger partial charge in [0.25, 0.3) is 0 Å². The van der Waals surface area contributed by atoms with E-state index in [0.717, 1.165) is 5.56 Å². The fourth-order valence-corrected chi connectivity index (χ4v) is 2.38. The summed E-state index contributed by atoms with van der Waals surface area (Å²) in [7, 11) is -1.89. The zero-order valence-electron chi connectivity index (χ0n) is 12.9. The third kappa shape index (κ3) is 4.39. The van der Waals surface area contributed by atoms with E-state index in [9.17, 15) is 9.18 Å². The zero-order valence-corrected chi connectivity index (χ0v) is 13.9. The highest BCUT2D eigenvalue weighted by atomic mass is 28.4. The maximum atomic E-state index is 13.8. The molecule has 1 rings (SSSR count). The number of rotatable bonds is 5. The van der Waals surface area contributed by atoms with Gasteiger partial charge in [-0.1, -0.05) is 32.9 Å². The molecule has 0 bridgehead atoms. The van der Waals surface area contributed by atoms with Gasteiger partial charge in [-0.15, -0.1) is 0 Å². The lowest BCUT2D eigenvalue weighted by Gasteiger charge is -2.36. The van der Waals surface area contributed by atoms with E-state index in [1.165, 1.54) is 12.1 Å². The van der Waals surface area contributed by atoms with Crippen molar-refractivity contribution in [3.63, 3.8) is 0 Å². The van der Waals surface area contributed by atoms with E-state index in [2.05, 4.69) is 33.9 Å². The van der Waals surface area contributed by atoms with E-state index < -0.39 is 8.32 Å². The summed E-state index contributed by atoms with van der Waals surface area (Å²) in [6.45, 7) is 11.0. The van der Waals surface area contributed by atoms with Crippen molar-refractivity contribution in [2.24, 2.45) is 0 Å². The largest absolute Gasteiger partial charge is 0.412 e. The molecule has 20 heavy (non-hydrogen) atoms. The van der Waals surface area contributed by atoms with Crippen LogP contribution in [0.3, 0.4) is 0 Å². The van der Waals surface area contributed by atoms with Crippen molar-refractivity contribution in [3.8, 4) is 0 Å². The second-order valence-corrected chi connectivity index (χ2v) is 11.2. The molecule has 1 aromatic rings. The quantitative estimate of drug-likeness (QED) is 0.452.